The van der Waals surface area contributed by atoms with Gasteiger partial charge in [-0.25, -0.2) is 0 Å². The second kappa shape index (κ2) is 7.04. The molecule has 2 aromatic rings. The first-order chi connectivity index (χ1) is 9.80. The van der Waals surface area contributed by atoms with E-state index in [4.69, 9.17) is 0 Å². The van der Waals surface area contributed by atoms with Gasteiger partial charge >= 0.3 is 0 Å². The Morgan fingerprint density at radius 1 is 1.15 bits per heavy atom. The zero-order chi connectivity index (χ0) is 14.4. The van der Waals surface area contributed by atoms with Gasteiger partial charge in [-0.15, -0.1) is 0 Å². The molecule has 0 atom stereocenters. The van der Waals surface area contributed by atoms with Crippen molar-refractivity contribution < 1.29 is 4.79 Å². The van der Waals surface area contributed by atoms with E-state index in [1.165, 1.54) is 5.56 Å². The van der Waals surface area contributed by atoms with Crippen LogP contribution in [0.15, 0.2) is 30.3 Å². The lowest BCUT2D eigenvalue weighted by molar-refractivity contribution is 0.112. The SMILES string of the molecule is CCc1nn(CCCc2ccccc2)c(CC)c1C=O. The lowest BCUT2D eigenvalue weighted by Crippen LogP contribution is -2.06. The molecule has 0 saturated heterocycles. The number of hydrogen-bond donors (Lipinski definition) is 0. The number of aromatic nitrogens is 2. The maximum absolute atomic E-state index is 11.2. The highest BCUT2D eigenvalue weighted by Gasteiger charge is 2.14. The third-order valence-electron chi connectivity index (χ3n) is 3.64. The van der Waals surface area contributed by atoms with Crippen LogP contribution in [0.4, 0.5) is 0 Å². The van der Waals surface area contributed by atoms with Gasteiger partial charge in [-0.05, 0) is 31.2 Å². The molecule has 0 saturated carbocycles. The molecule has 0 unspecified atom stereocenters. The van der Waals surface area contributed by atoms with Crippen LogP contribution in [0.1, 0.15) is 47.6 Å². The van der Waals surface area contributed by atoms with Crippen LogP contribution in [-0.2, 0) is 25.8 Å². The van der Waals surface area contributed by atoms with Crippen LogP contribution in [0, 0.1) is 0 Å². The van der Waals surface area contributed by atoms with Crippen LogP contribution in [-0.4, -0.2) is 16.1 Å². The Hall–Kier alpha value is -1.90. The Labute approximate surface area is 120 Å². The third kappa shape index (κ3) is 3.16. The monoisotopic (exact) mass is 270 g/mol. The average molecular weight is 270 g/mol. The molecule has 0 aliphatic heterocycles. The zero-order valence-corrected chi connectivity index (χ0v) is 12.3. The quantitative estimate of drug-likeness (QED) is 0.722. The minimum absolute atomic E-state index is 0.801. The Morgan fingerprint density at radius 2 is 1.90 bits per heavy atom. The summed E-state index contributed by atoms with van der Waals surface area (Å²) in [5, 5.41) is 4.59. The lowest BCUT2D eigenvalue weighted by Gasteiger charge is -2.06. The van der Waals surface area contributed by atoms with Crippen molar-refractivity contribution in [3.63, 3.8) is 0 Å². The van der Waals surface area contributed by atoms with Gasteiger partial charge < -0.3 is 0 Å². The number of carbonyl (C=O) groups excluding carboxylic acids is 1. The van der Waals surface area contributed by atoms with Gasteiger partial charge in [0.05, 0.1) is 11.3 Å². The summed E-state index contributed by atoms with van der Waals surface area (Å²) in [5.74, 6) is 0. The topological polar surface area (TPSA) is 34.9 Å². The number of rotatable bonds is 7. The van der Waals surface area contributed by atoms with E-state index in [1.807, 2.05) is 17.7 Å². The van der Waals surface area contributed by atoms with E-state index in [0.717, 1.165) is 55.5 Å². The molecule has 2 rings (SSSR count). The molecule has 0 N–H and O–H groups in total. The van der Waals surface area contributed by atoms with Crippen LogP contribution in [0.5, 0.6) is 0 Å². The first-order valence-electron chi connectivity index (χ1n) is 7.37. The van der Waals surface area contributed by atoms with Crippen molar-refractivity contribution in [2.75, 3.05) is 0 Å². The number of nitrogens with zero attached hydrogens (tertiary/aromatic N) is 2. The highest BCUT2D eigenvalue weighted by molar-refractivity contribution is 5.78. The normalized spacial score (nSPS) is 10.7. The predicted molar refractivity (Wildman–Crippen MR) is 81.1 cm³/mol. The molecule has 0 spiro atoms. The second-order valence-corrected chi connectivity index (χ2v) is 4.94. The van der Waals surface area contributed by atoms with E-state index >= 15 is 0 Å². The number of aldehydes is 1. The molecule has 1 heterocycles. The van der Waals surface area contributed by atoms with Crippen molar-refractivity contribution in [1.82, 2.24) is 9.78 Å². The van der Waals surface area contributed by atoms with E-state index in [9.17, 15) is 4.79 Å². The van der Waals surface area contributed by atoms with Gasteiger partial charge in [-0.3, -0.25) is 9.48 Å². The molecule has 0 bridgehead atoms. The largest absolute Gasteiger partial charge is 0.298 e. The van der Waals surface area contributed by atoms with Gasteiger partial charge in [-0.1, -0.05) is 44.2 Å². The molecule has 1 aromatic heterocycles. The number of hydrogen-bond acceptors (Lipinski definition) is 2. The average Bonchev–Trinajstić information content (AvgIpc) is 2.85. The highest BCUT2D eigenvalue weighted by Crippen LogP contribution is 2.15. The maximum atomic E-state index is 11.2. The van der Waals surface area contributed by atoms with Gasteiger partial charge in [-0.2, -0.15) is 5.10 Å². The van der Waals surface area contributed by atoms with Gasteiger partial charge in [0.15, 0.2) is 6.29 Å². The smallest absolute Gasteiger partial charge is 0.153 e. The fourth-order valence-corrected chi connectivity index (χ4v) is 2.60. The van der Waals surface area contributed by atoms with Crippen LogP contribution in [0.25, 0.3) is 0 Å². The number of benzene rings is 1. The summed E-state index contributed by atoms with van der Waals surface area (Å²) in [6.45, 7) is 5.00. The summed E-state index contributed by atoms with van der Waals surface area (Å²) in [7, 11) is 0. The van der Waals surface area contributed by atoms with Gasteiger partial charge in [0.2, 0.25) is 0 Å². The van der Waals surface area contributed by atoms with Crippen molar-refractivity contribution in [2.24, 2.45) is 0 Å². The molecule has 1 aromatic carbocycles. The Kier molecular flexibility index (Phi) is 5.10. The predicted octanol–water partition coefficient (Wildman–Crippen LogP) is 3.45. The molecule has 3 nitrogen and oxygen atoms in total. The van der Waals surface area contributed by atoms with Crippen molar-refractivity contribution in [3.8, 4) is 0 Å². The summed E-state index contributed by atoms with van der Waals surface area (Å²) in [4.78, 5) is 11.2. The third-order valence-corrected chi connectivity index (χ3v) is 3.64. The molecule has 0 fully saturated rings. The standard InChI is InChI=1S/C17H22N2O/c1-3-16-15(13-20)17(4-2)19(18-16)12-8-11-14-9-6-5-7-10-14/h5-7,9-10,13H,3-4,8,11-12H2,1-2H3. The first-order valence-corrected chi connectivity index (χ1v) is 7.37. The van der Waals surface area contributed by atoms with Crippen molar-refractivity contribution in [2.45, 2.75) is 46.1 Å². The van der Waals surface area contributed by atoms with E-state index < -0.39 is 0 Å². The molecular weight excluding hydrogens is 248 g/mol. The lowest BCUT2D eigenvalue weighted by atomic mass is 10.1. The summed E-state index contributed by atoms with van der Waals surface area (Å²) < 4.78 is 2.02. The van der Waals surface area contributed by atoms with Gasteiger partial charge in [0, 0.05) is 12.2 Å². The molecule has 0 aliphatic carbocycles. The number of aryl methyl sites for hydroxylation is 3. The van der Waals surface area contributed by atoms with E-state index in [2.05, 4.69) is 36.3 Å². The van der Waals surface area contributed by atoms with Crippen LogP contribution >= 0.6 is 0 Å². The molecule has 0 radical (unpaired) electrons. The summed E-state index contributed by atoms with van der Waals surface area (Å²) >= 11 is 0. The zero-order valence-electron chi connectivity index (χ0n) is 12.3. The molecular formula is C17H22N2O. The Balaban J connectivity index is 2.05. The van der Waals surface area contributed by atoms with Crippen LogP contribution < -0.4 is 0 Å². The molecule has 3 heteroatoms. The van der Waals surface area contributed by atoms with Crippen LogP contribution in [0.3, 0.4) is 0 Å². The minimum Gasteiger partial charge on any atom is -0.298 e. The Bertz CT molecular complexity index is 558. The van der Waals surface area contributed by atoms with Crippen LogP contribution in [0.2, 0.25) is 0 Å². The van der Waals surface area contributed by atoms with Gasteiger partial charge in [0.1, 0.15) is 0 Å². The minimum atomic E-state index is 0.801. The van der Waals surface area contributed by atoms with E-state index in [0.29, 0.717) is 0 Å². The molecule has 0 amide bonds. The van der Waals surface area contributed by atoms with Crippen molar-refractivity contribution >= 4 is 6.29 Å². The highest BCUT2D eigenvalue weighted by atomic mass is 16.1. The van der Waals surface area contributed by atoms with Crippen molar-refractivity contribution in [1.29, 1.82) is 0 Å². The van der Waals surface area contributed by atoms with E-state index in [-0.39, 0.29) is 0 Å². The summed E-state index contributed by atoms with van der Waals surface area (Å²) in [6.07, 6.45) is 4.71. The second-order valence-electron chi connectivity index (χ2n) is 4.94. The molecule has 20 heavy (non-hydrogen) atoms. The van der Waals surface area contributed by atoms with Crippen molar-refractivity contribution in [3.05, 3.63) is 52.8 Å². The fourth-order valence-electron chi connectivity index (χ4n) is 2.60. The van der Waals surface area contributed by atoms with Gasteiger partial charge in [0.25, 0.3) is 0 Å². The number of carbonyl (C=O) groups is 1. The molecule has 0 aliphatic rings. The summed E-state index contributed by atoms with van der Waals surface area (Å²) in [5.41, 5.74) is 4.15. The molecule has 106 valence electrons. The first kappa shape index (κ1) is 14.5. The maximum Gasteiger partial charge on any atom is 0.153 e. The Morgan fingerprint density at radius 3 is 2.50 bits per heavy atom. The fraction of sp³-hybridized carbons (Fsp3) is 0.412. The van der Waals surface area contributed by atoms with E-state index in [1.54, 1.807) is 0 Å². The summed E-state index contributed by atoms with van der Waals surface area (Å²) in [6, 6.07) is 10.5.